The van der Waals surface area contributed by atoms with E-state index in [0.29, 0.717) is 11.8 Å². The van der Waals surface area contributed by atoms with Gasteiger partial charge in [-0.1, -0.05) is 6.42 Å². The molecule has 2 N–H and O–H groups in total. The molecule has 4 nitrogen and oxygen atoms in total. The second-order valence-electron chi connectivity index (χ2n) is 6.06. The molecule has 0 radical (unpaired) electrons. The van der Waals surface area contributed by atoms with Crippen LogP contribution in [0, 0.1) is 6.92 Å². The molecule has 116 valence electrons. The quantitative estimate of drug-likeness (QED) is 0.909. The highest BCUT2D eigenvalue weighted by Crippen LogP contribution is 2.25. The first-order valence-corrected chi connectivity index (χ1v) is 8.07. The number of hydrogen-bond acceptors (Lipinski definition) is 4. The average molecular weight is 297 g/mol. The maximum atomic E-state index is 10.0. The van der Waals surface area contributed by atoms with Crippen molar-refractivity contribution in [3.8, 4) is 17.0 Å². The fourth-order valence-corrected chi connectivity index (χ4v) is 3.09. The molecule has 0 spiro atoms. The lowest BCUT2D eigenvalue weighted by molar-refractivity contribution is 0.382. The number of benzene rings is 1. The Hall–Kier alpha value is -1.94. The highest BCUT2D eigenvalue weighted by Gasteiger charge is 2.13. The van der Waals surface area contributed by atoms with Crippen LogP contribution in [0.5, 0.6) is 5.75 Å². The molecule has 1 atom stereocenters. The fraction of sp³-hybridized carbons (Fsp3) is 0.444. The summed E-state index contributed by atoms with van der Waals surface area (Å²) in [4.78, 5) is 8.57. The first kappa shape index (κ1) is 15.0. The number of hydrogen-bond donors (Lipinski definition) is 2. The van der Waals surface area contributed by atoms with Crippen LogP contribution in [0.1, 0.15) is 37.1 Å². The van der Waals surface area contributed by atoms with Crippen LogP contribution in [-0.2, 0) is 6.42 Å². The number of rotatable bonds is 4. The summed E-state index contributed by atoms with van der Waals surface area (Å²) in [6, 6.07) is 8.25. The second kappa shape index (κ2) is 6.88. The summed E-state index contributed by atoms with van der Waals surface area (Å²) in [5.41, 5.74) is 2.98. The Morgan fingerprint density at radius 2 is 2.18 bits per heavy atom. The van der Waals surface area contributed by atoms with E-state index < -0.39 is 0 Å². The standard InChI is InChI=1S/C18H23N3O/c1-13-19-9-7-18(21-13)15-10-14(11-17(22)12-15)5-6-16-4-2-3-8-20-16/h7,9-12,16,20,22H,2-6,8H2,1H3. The van der Waals surface area contributed by atoms with Crippen LogP contribution in [0.2, 0.25) is 0 Å². The van der Waals surface area contributed by atoms with Crippen molar-refractivity contribution in [2.75, 3.05) is 6.54 Å². The minimum atomic E-state index is 0.306. The number of phenols is 1. The summed E-state index contributed by atoms with van der Waals surface area (Å²) in [5.74, 6) is 1.05. The van der Waals surface area contributed by atoms with Gasteiger partial charge < -0.3 is 10.4 Å². The van der Waals surface area contributed by atoms with Gasteiger partial charge in [-0.2, -0.15) is 0 Å². The van der Waals surface area contributed by atoms with Gasteiger partial charge >= 0.3 is 0 Å². The van der Waals surface area contributed by atoms with Crippen LogP contribution in [-0.4, -0.2) is 27.7 Å². The summed E-state index contributed by atoms with van der Waals surface area (Å²) < 4.78 is 0. The van der Waals surface area contributed by atoms with E-state index in [0.717, 1.165) is 36.5 Å². The molecule has 22 heavy (non-hydrogen) atoms. The molecule has 1 unspecified atom stereocenters. The van der Waals surface area contributed by atoms with E-state index in [1.165, 1.54) is 24.8 Å². The van der Waals surface area contributed by atoms with Gasteiger partial charge in [0.25, 0.3) is 0 Å². The molecular formula is C18H23N3O. The van der Waals surface area contributed by atoms with E-state index in [1.807, 2.05) is 19.1 Å². The van der Waals surface area contributed by atoms with Crippen molar-refractivity contribution in [3.05, 3.63) is 41.9 Å². The minimum absolute atomic E-state index is 0.306. The zero-order valence-electron chi connectivity index (χ0n) is 13.0. The Labute approximate surface area is 131 Å². The molecular weight excluding hydrogens is 274 g/mol. The monoisotopic (exact) mass is 297 g/mol. The number of piperidine rings is 1. The third-order valence-corrected chi connectivity index (χ3v) is 4.24. The van der Waals surface area contributed by atoms with E-state index in [2.05, 4.69) is 21.4 Å². The normalized spacial score (nSPS) is 18.3. The van der Waals surface area contributed by atoms with E-state index >= 15 is 0 Å². The third kappa shape index (κ3) is 3.83. The summed E-state index contributed by atoms with van der Waals surface area (Å²) in [7, 11) is 0. The lowest BCUT2D eigenvalue weighted by atomic mass is 9.96. The van der Waals surface area contributed by atoms with Crippen LogP contribution >= 0.6 is 0 Å². The highest BCUT2D eigenvalue weighted by atomic mass is 16.3. The van der Waals surface area contributed by atoms with Gasteiger partial charge in [0.1, 0.15) is 11.6 Å². The molecule has 0 amide bonds. The summed E-state index contributed by atoms with van der Waals surface area (Å²) in [5, 5.41) is 13.6. The Balaban J connectivity index is 1.74. The lowest BCUT2D eigenvalue weighted by Crippen LogP contribution is -2.34. The van der Waals surface area contributed by atoms with E-state index in [1.54, 1.807) is 12.3 Å². The van der Waals surface area contributed by atoms with E-state index in [4.69, 9.17) is 0 Å². The predicted molar refractivity (Wildman–Crippen MR) is 87.8 cm³/mol. The largest absolute Gasteiger partial charge is 0.508 e. The molecule has 4 heteroatoms. The highest BCUT2D eigenvalue weighted by molar-refractivity contribution is 5.62. The maximum absolute atomic E-state index is 10.0. The summed E-state index contributed by atoms with van der Waals surface area (Å²) in [6.45, 7) is 3.01. The van der Waals surface area contributed by atoms with Crippen LogP contribution < -0.4 is 5.32 Å². The number of aryl methyl sites for hydroxylation is 2. The first-order valence-electron chi connectivity index (χ1n) is 8.07. The second-order valence-corrected chi connectivity index (χ2v) is 6.06. The van der Waals surface area contributed by atoms with Gasteiger partial charge in [-0.25, -0.2) is 9.97 Å². The first-order chi connectivity index (χ1) is 10.7. The third-order valence-electron chi connectivity index (χ3n) is 4.24. The molecule has 0 saturated carbocycles. The van der Waals surface area contributed by atoms with Gasteiger partial charge in [0, 0.05) is 17.8 Å². The molecule has 1 fully saturated rings. The zero-order valence-corrected chi connectivity index (χ0v) is 13.0. The Morgan fingerprint density at radius 1 is 1.27 bits per heavy atom. The Kier molecular flexibility index (Phi) is 4.68. The zero-order chi connectivity index (χ0) is 15.4. The number of phenolic OH excluding ortho intramolecular Hbond substituents is 1. The smallest absolute Gasteiger partial charge is 0.125 e. The van der Waals surface area contributed by atoms with Gasteiger partial charge in [0.2, 0.25) is 0 Å². The molecule has 0 bridgehead atoms. The van der Waals surface area contributed by atoms with Crippen LogP contribution in [0.3, 0.4) is 0 Å². The number of nitrogens with one attached hydrogen (secondary N) is 1. The molecule has 2 aromatic rings. The van der Waals surface area contributed by atoms with Crippen molar-refractivity contribution in [1.82, 2.24) is 15.3 Å². The molecule has 0 aliphatic carbocycles. The Morgan fingerprint density at radius 3 is 2.95 bits per heavy atom. The molecule has 1 saturated heterocycles. The van der Waals surface area contributed by atoms with Crippen LogP contribution in [0.4, 0.5) is 0 Å². The van der Waals surface area contributed by atoms with Crippen LogP contribution in [0.25, 0.3) is 11.3 Å². The van der Waals surface area contributed by atoms with Gasteiger partial charge in [0.05, 0.1) is 5.69 Å². The van der Waals surface area contributed by atoms with Gasteiger partial charge in [0.15, 0.2) is 0 Å². The van der Waals surface area contributed by atoms with Gasteiger partial charge in [-0.3, -0.25) is 0 Å². The number of aromatic nitrogens is 2. The SMILES string of the molecule is Cc1nccc(-c2cc(O)cc(CCC3CCCCN3)c2)n1. The molecule has 2 heterocycles. The van der Waals surface area contributed by atoms with Crippen molar-refractivity contribution in [3.63, 3.8) is 0 Å². The van der Waals surface area contributed by atoms with Crippen molar-refractivity contribution in [2.45, 2.75) is 45.1 Å². The average Bonchev–Trinajstić information content (AvgIpc) is 2.53. The molecule has 1 aromatic carbocycles. The van der Waals surface area contributed by atoms with E-state index in [-0.39, 0.29) is 0 Å². The van der Waals surface area contributed by atoms with Gasteiger partial charge in [-0.15, -0.1) is 0 Å². The molecule has 1 aliphatic heterocycles. The van der Waals surface area contributed by atoms with Crippen molar-refractivity contribution in [1.29, 1.82) is 0 Å². The summed E-state index contributed by atoms with van der Waals surface area (Å²) >= 11 is 0. The van der Waals surface area contributed by atoms with Crippen molar-refractivity contribution < 1.29 is 5.11 Å². The van der Waals surface area contributed by atoms with E-state index in [9.17, 15) is 5.11 Å². The van der Waals surface area contributed by atoms with Crippen molar-refractivity contribution in [2.24, 2.45) is 0 Å². The van der Waals surface area contributed by atoms with Crippen LogP contribution in [0.15, 0.2) is 30.5 Å². The van der Waals surface area contributed by atoms with Crippen molar-refractivity contribution >= 4 is 0 Å². The molecule has 1 aliphatic rings. The summed E-state index contributed by atoms with van der Waals surface area (Å²) in [6.07, 6.45) is 7.72. The fourth-order valence-electron chi connectivity index (χ4n) is 3.09. The topological polar surface area (TPSA) is 58.0 Å². The maximum Gasteiger partial charge on any atom is 0.125 e. The molecule has 1 aromatic heterocycles. The minimum Gasteiger partial charge on any atom is -0.508 e. The lowest BCUT2D eigenvalue weighted by Gasteiger charge is -2.23. The number of aromatic hydroxyl groups is 1. The van der Waals surface area contributed by atoms with Gasteiger partial charge in [-0.05, 0) is 69.0 Å². The number of nitrogens with zero attached hydrogens (tertiary/aromatic N) is 2. The Bertz CT molecular complexity index is 636. The molecule has 3 rings (SSSR count). The predicted octanol–water partition coefficient (Wildman–Crippen LogP) is 3.23.